The molecular formula is C22H22ClNO4S. The summed E-state index contributed by atoms with van der Waals surface area (Å²) in [5.74, 6) is 0.531. The first kappa shape index (κ1) is 20.2. The van der Waals surface area contributed by atoms with Gasteiger partial charge in [-0.2, -0.15) is 0 Å². The molecule has 5 nitrogen and oxygen atoms in total. The Kier molecular flexibility index (Phi) is 5.07. The van der Waals surface area contributed by atoms with Crippen LogP contribution in [0.25, 0.3) is 0 Å². The predicted octanol–water partition coefficient (Wildman–Crippen LogP) is 3.97. The molecule has 29 heavy (non-hydrogen) atoms. The van der Waals surface area contributed by atoms with E-state index in [0.717, 1.165) is 28.0 Å². The Morgan fingerprint density at radius 3 is 2.83 bits per heavy atom. The molecule has 0 saturated carbocycles. The maximum absolute atomic E-state index is 11.8. The largest absolute Gasteiger partial charge is 0.496 e. The van der Waals surface area contributed by atoms with Crippen molar-refractivity contribution in [2.45, 2.75) is 19.1 Å². The topological polar surface area (TPSA) is 78.6 Å². The van der Waals surface area contributed by atoms with Crippen molar-refractivity contribution in [1.82, 2.24) is 0 Å². The molecule has 1 aromatic rings. The Hall–Kier alpha value is -2.12. The fourth-order valence-electron chi connectivity index (χ4n) is 4.13. The number of rotatable bonds is 4. The molecule has 4 rings (SSSR count). The van der Waals surface area contributed by atoms with Gasteiger partial charge in [0.1, 0.15) is 18.0 Å². The van der Waals surface area contributed by atoms with Crippen LogP contribution in [0.3, 0.4) is 0 Å². The van der Waals surface area contributed by atoms with Crippen LogP contribution in [0.15, 0.2) is 83.2 Å². The van der Waals surface area contributed by atoms with Gasteiger partial charge in [-0.1, -0.05) is 61.0 Å². The summed E-state index contributed by atoms with van der Waals surface area (Å²) in [4.78, 5) is 0. The summed E-state index contributed by atoms with van der Waals surface area (Å²) in [6, 6.07) is 7.50. The Bertz CT molecular complexity index is 1110. The summed E-state index contributed by atoms with van der Waals surface area (Å²) in [6.45, 7) is 1.84. The Labute approximate surface area is 175 Å². The summed E-state index contributed by atoms with van der Waals surface area (Å²) in [5, 5.41) is 5.95. The van der Waals surface area contributed by atoms with Gasteiger partial charge in [0.2, 0.25) is 10.0 Å². The molecule has 1 heterocycles. The van der Waals surface area contributed by atoms with E-state index < -0.39 is 21.5 Å². The summed E-state index contributed by atoms with van der Waals surface area (Å²) >= 11 is 6.23. The van der Waals surface area contributed by atoms with E-state index in [0.29, 0.717) is 5.02 Å². The third-order valence-corrected chi connectivity index (χ3v) is 6.51. The van der Waals surface area contributed by atoms with Crippen LogP contribution in [0.2, 0.25) is 5.02 Å². The highest BCUT2D eigenvalue weighted by Crippen LogP contribution is 2.48. The minimum Gasteiger partial charge on any atom is -0.496 e. The van der Waals surface area contributed by atoms with E-state index in [1.54, 1.807) is 7.11 Å². The predicted molar refractivity (Wildman–Crippen MR) is 114 cm³/mol. The van der Waals surface area contributed by atoms with Gasteiger partial charge in [-0.05, 0) is 34.9 Å². The van der Waals surface area contributed by atoms with Crippen molar-refractivity contribution in [2.24, 2.45) is 10.6 Å². The minimum absolute atomic E-state index is 0.193. The molecule has 0 bridgehead atoms. The molecule has 2 N–H and O–H groups in total. The van der Waals surface area contributed by atoms with Crippen LogP contribution in [0, 0.1) is 5.41 Å². The highest BCUT2D eigenvalue weighted by molar-refractivity contribution is 7.89. The van der Waals surface area contributed by atoms with E-state index in [1.165, 1.54) is 0 Å². The monoisotopic (exact) mass is 431 g/mol. The first-order chi connectivity index (χ1) is 13.7. The van der Waals surface area contributed by atoms with Gasteiger partial charge in [0.25, 0.3) is 0 Å². The summed E-state index contributed by atoms with van der Waals surface area (Å²) in [5.41, 5.74) is 2.92. The van der Waals surface area contributed by atoms with Crippen LogP contribution in [0.5, 0.6) is 0 Å². The van der Waals surface area contributed by atoms with E-state index >= 15 is 0 Å². The average molecular weight is 432 g/mol. The molecule has 152 valence electrons. The quantitative estimate of drug-likeness (QED) is 0.782. The van der Waals surface area contributed by atoms with Crippen molar-refractivity contribution >= 4 is 21.6 Å². The lowest BCUT2D eigenvalue weighted by molar-refractivity contribution is 0.0417. The van der Waals surface area contributed by atoms with Gasteiger partial charge in [0.15, 0.2) is 0 Å². The molecular weight excluding hydrogens is 410 g/mol. The molecule has 3 aliphatic rings. The molecule has 3 unspecified atom stereocenters. The number of hydrogen-bond acceptors (Lipinski definition) is 4. The van der Waals surface area contributed by atoms with Crippen LogP contribution in [-0.4, -0.2) is 27.4 Å². The standard InChI is InChI=1S/C22H22ClNO4S/c1-22(13-29(24,25)26)10-9-16-17(12-22)21(14-5-3-6-15(23)11-14)28-19-8-4-7-18(27-2)20(16)19/h3-12,19,21H,13H2,1-2H3,(H2,24,25,26). The lowest BCUT2D eigenvalue weighted by Gasteiger charge is -2.39. The van der Waals surface area contributed by atoms with Crippen LogP contribution in [-0.2, 0) is 19.5 Å². The number of primary sulfonamides is 1. The van der Waals surface area contributed by atoms with Crippen LogP contribution >= 0.6 is 11.6 Å². The molecule has 1 aromatic carbocycles. The number of hydrogen-bond donors (Lipinski definition) is 1. The van der Waals surface area contributed by atoms with Gasteiger partial charge in [0.05, 0.1) is 12.9 Å². The minimum atomic E-state index is -3.67. The van der Waals surface area contributed by atoms with Crippen molar-refractivity contribution in [1.29, 1.82) is 0 Å². The number of sulfonamides is 1. The molecule has 0 spiro atoms. The van der Waals surface area contributed by atoms with Crippen molar-refractivity contribution < 1.29 is 17.9 Å². The lowest BCUT2D eigenvalue weighted by atomic mass is 9.75. The fourth-order valence-corrected chi connectivity index (χ4v) is 5.38. The number of benzene rings is 1. The van der Waals surface area contributed by atoms with E-state index in [2.05, 4.69) is 0 Å². The number of allylic oxidation sites excluding steroid dienone is 5. The van der Waals surface area contributed by atoms with Crippen LogP contribution in [0.1, 0.15) is 18.6 Å². The molecule has 0 fully saturated rings. The summed E-state index contributed by atoms with van der Waals surface area (Å²) in [7, 11) is -2.04. The van der Waals surface area contributed by atoms with Gasteiger partial charge < -0.3 is 9.47 Å². The third kappa shape index (κ3) is 3.98. The number of fused-ring (bicyclic) bond motifs is 2. The van der Waals surface area contributed by atoms with Gasteiger partial charge >= 0.3 is 0 Å². The zero-order valence-electron chi connectivity index (χ0n) is 16.1. The zero-order valence-corrected chi connectivity index (χ0v) is 17.7. The molecule has 1 aliphatic heterocycles. The van der Waals surface area contributed by atoms with Crippen LogP contribution in [0.4, 0.5) is 0 Å². The number of ether oxygens (including phenoxy) is 2. The SMILES string of the molecule is COC1=CC=CC2OC(c3cccc(Cl)c3)C3=CC(C)(CS(N)(=O)=O)C=CC3=C12. The Balaban J connectivity index is 1.90. The molecule has 7 heteroatoms. The van der Waals surface area contributed by atoms with E-state index in [-0.39, 0.29) is 11.9 Å². The smallest absolute Gasteiger partial charge is 0.210 e. The second kappa shape index (κ2) is 7.29. The highest BCUT2D eigenvalue weighted by Gasteiger charge is 2.39. The zero-order chi connectivity index (χ0) is 20.8. The molecule has 2 aliphatic carbocycles. The van der Waals surface area contributed by atoms with Crippen molar-refractivity contribution in [3.8, 4) is 0 Å². The van der Waals surface area contributed by atoms with Gasteiger partial charge in [-0.3, -0.25) is 0 Å². The first-order valence-corrected chi connectivity index (χ1v) is 11.3. The Morgan fingerprint density at radius 1 is 1.34 bits per heavy atom. The fraction of sp³-hybridized carbons (Fsp3) is 0.273. The lowest BCUT2D eigenvalue weighted by Crippen LogP contribution is -2.34. The highest BCUT2D eigenvalue weighted by atomic mass is 35.5. The molecule has 0 aromatic heterocycles. The molecule has 3 atom stereocenters. The van der Waals surface area contributed by atoms with E-state index in [9.17, 15) is 8.42 Å². The summed E-state index contributed by atoms with van der Waals surface area (Å²) < 4.78 is 35.6. The number of methoxy groups -OCH3 is 1. The normalized spacial score (nSPS) is 28.4. The second-order valence-electron chi connectivity index (χ2n) is 7.69. The van der Waals surface area contributed by atoms with Gasteiger partial charge in [0, 0.05) is 16.0 Å². The number of nitrogens with two attached hydrogens (primary N) is 1. The third-order valence-electron chi connectivity index (χ3n) is 5.25. The Morgan fingerprint density at radius 2 is 2.14 bits per heavy atom. The molecule has 0 saturated heterocycles. The van der Waals surface area contributed by atoms with E-state index in [4.69, 9.17) is 26.2 Å². The average Bonchev–Trinajstić information content (AvgIpc) is 2.64. The molecule has 0 amide bonds. The summed E-state index contributed by atoms with van der Waals surface area (Å²) in [6.07, 6.45) is 10.9. The molecule has 0 radical (unpaired) electrons. The van der Waals surface area contributed by atoms with Crippen molar-refractivity contribution in [3.63, 3.8) is 0 Å². The van der Waals surface area contributed by atoms with Gasteiger partial charge in [-0.25, -0.2) is 13.6 Å². The van der Waals surface area contributed by atoms with E-state index in [1.807, 2.05) is 67.6 Å². The van der Waals surface area contributed by atoms with Crippen LogP contribution < -0.4 is 5.14 Å². The first-order valence-electron chi connectivity index (χ1n) is 9.20. The van der Waals surface area contributed by atoms with Gasteiger partial charge in [-0.15, -0.1) is 0 Å². The maximum Gasteiger partial charge on any atom is 0.210 e. The van der Waals surface area contributed by atoms with Crippen molar-refractivity contribution in [3.05, 3.63) is 93.8 Å². The number of halogens is 1. The van der Waals surface area contributed by atoms with Crippen molar-refractivity contribution in [2.75, 3.05) is 12.9 Å². The second-order valence-corrected chi connectivity index (χ2v) is 9.74. The maximum atomic E-state index is 11.8.